The molecule has 0 aliphatic carbocycles. The first kappa shape index (κ1) is 16.1. The van der Waals surface area contributed by atoms with E-state index < -0.39 is 10.2 Å². The predicted octanol–water partition coefficient (Wildman–Crippen LogP) is 0.805. The molecule has 7 heteroatoms. The molecular weight excluding hydrogens is 252 g/mol. The fourth-order valence-corrected chi connectivity index (χ4v) is 2.67. The van der Waals surface area contributed by atoms with Crippen molar-refractivity contribution in [1.82, 2.24) is 9.03 Å². The SMILES string of the molecule is COCC(CCCl)NS(=O)(=O)N(C)C(C)C. The van der Waals surface area contributed by atoms with Crippen LogP contribution in [0.15, 0.2) is 0 Å². The lowest BCUT2D eigenvalue weighted by atomic mass is 10.3. The third-order valence-corrected chi connectivity index (χ3v) is 4.28. The van der Waals surface area contributed by atoms with Crippen LogP contribution in [0, 0.1) is 0 Å². The molecule has 0 aliphatic heterocycles. The highest BCUT2D eigenvalue weighted by Crippen LogP contribution is 2.04. The summed E-state index contributed by atoms with van der Waals surface area (Å²) >= 11 is 5.60. The highest BCUT2D eigenvalue weighted by atomic mass is 35.5. The number of hydrogen-bond acceptors (Lipinski definition) is 3. The van der Waals surface area contributed by atoms with Gasteiger partial charge in [-0.25, -0.2) is 0 Å². The molecule has 0 aliphatic rings. The maximum Gasteiger partial charge on any atom is 0.279 e. The van der Waals surface area contributed by atoms with Gasteiger partial charge in [-0.05, 0) is 20.3 Å². The van der Waals surface area contributed by atoms with Crippen LogP contribution < -0.4 is 4.72 Å². The summed E-state index contributed by atoms with van der Waals surface area (Å²) in [5.41, 5.74) is 0. The Morgan fingerprint density at radius 3 is 2.38 bits per heavy atom. The summed E-state index contributed by atoms with van der Waals surface area (Å²) in [5, 5.41) is 0. The number of ether oxygens (including phenoxy) is 1. The van der Waals surface area contributed by atoms with Crippen LogP contribution in [0.1, 0.15) is 20.3 Å². The normalized spacial score (nSPS) is 14.7. The second kappa shape index (κ2) is 7.45. The molecule has 1 N–H and O–H groups in total. The van der Waals surface area contributed by atoms with Gasteiger partial charge >= 0.3 is 0 Å². The Morgan fingerprint density at radius 1 is 1.44 bits per heavy atom. The van der Waals surface area contributed by atoms with Crippen molar-refractivity contribution < 1.29 is 13.2 Å². The van der Waals surface area contributed by atoms with E-state index in [2.05, 4.69) is 4.72 Å². The summed E-state index contributed by atoms with van der Waals surface area (Å²) in [6.07, 6.45) is 0.542. The molecule has 0 bridgehead atoms. The second-order valence-corrected chi connectivity index (χ2v) is 6.00. The van der Waals surface area contributed by atoms with Gasteiger partial charge in [0.05, 0.1) is 6.61 Å². The first-order valence-electron chi connectivity index (χ1n) is 5.15. The van der Waals surface area contributed by atoms with Crippen molar-refractivity contribution in [3.63, 3.8) is 0 Å². The van der Waals surface area contributed by atoms with E-state index >= 15 is 0 Å². The molecule has 0 aromatic carbocycles. The minimum Gasteiger partial charge on any atom is -0.383 e. The smallest absolute Gasteiger partial charge is 0.279 e. The zero-order chi connectivity index (χ0) is 12.8. The van der Waals surface area contributed by atoms with Crippen LogP contribution in [0.5, 0.6) is 0 Å². The molecule has 0 rings (SSSR count). The minimum atomic E-state index is -3.46. The highest BCUT2D eigenvalue weighted by Gasteiger charge is 2.23. The summed E-state index contributed by atoms with van der Waals surface area (Å²) in [6, 6.07) is -0.370. The lowest BCUT2D eigenvalue weighted by molar-refractivity contribution is 0.172. The molecular formula is C9H21ClN2O3S. The van der Waals surface area contributed by atoms with Gasteiger partial charge in [0.2, 0.25) is 0 Å². The molecule has 1 unspecified atom stereocenters. The molecule has 1 atom stereocenters. The molecule has 98 valence electrons. The van der Waals surface area contributed by atoms with E-state index in [1.54, 1.807) is 0 Å². The van der Waals surface area contributed by atoms with Crippen LogP contribution in [0.3, 0.4) is 0 Å². The molecule has 0 fully saturated rings. The minimum absolute atomic E-state index is 0.0864. The van der Waals surface area contributed by atoms with Crippen LogP contribution >= 0.6 is 11.6 Å². The number of methoxy groups -OCH3 is 1. The van der Waals surface area contributed by atoms with Crippen molar-refractivity contribution >= 4 is 21.8 Å². The fourth-order valence-electron chi connectivity index (χ4n) is 1.08. The molecule has 0 aromatic heterocycles. The van der Waals surface area contributed by atoms with Crippen molar-refractivity contribution in [2.75, 3.05) is 26.6 Å². The average Bonchev–Trinajstić information content (AvgIpc) is 2.16. The van der Waals surface area contributed by atoms with E-state index in [-0.39, 0.29) is 12.1 Å². The number of halogens is 1. The quantitative estimate of drug-likeness (QED) is 0.665. The molecule has 16 heavy (non-hydrogen) atoms. The molecule has 0 radical (unpaired) electrons. The first-order valence-corrected chi connectivity index (χ1v) is 7.12. The number of alkyl halides is 1. The molecule has 0 amide bonds. The Balaban J connectivity index is 4.52. The van der Waals surface area contributed by atoms with Gasteiger partial charge in [-0.15, -0.1) is 11.6 Å². The third kappa shape index (κ3) is 5.45. The van der Waals surface area contributed by atoms with E-state index in [0.29, 0.717) is 18.9 Å². The molecule has 0 spiro atoms. The monoisotopic (exact) mass is 272 g/mol. The van der Waals surface area contributed by atoms with Crippen LogP contribution in [-0.4, -0.2) is 51.5 Å². The Bertz CT molecular complexity index is 276. The van der Waals surface area contributed by atoms with Gasteiger partial charge in [-0.3, -0.25) is 0 Å². The summed E-state index contributed by atoms with van der Waals surface area (Å²) in [7, 11) is -0.390. The summed E-state index contributed by atoms with van der Waals surface area (Å²) in [5.74, 6) is 0.391. The van der Waals surface area contributed by atoms with Gasteiger partial charge in [0.25, 0.3) is 10.2 Å². The number of nitrogens with zero attached hydrogens (tertiary/aromatic N) is 1. The summed E-state index contributed by atoms with van der Waals surface area (Å²) < 4.78 is 32.5. The van der Waals surface area contributed by atoms with Crippen LogP contribution in [0.4, 0.5) is 0 Å². The van der Waals surface area contributed by atoms with Crippen LogP contribution in [0.2, 0.25) is 0 Å². The zero-order valence-electron chi connectivity index (χ0n) is 10.2. The Morgan fingerprint density at radius 2 is 2.00 bits per heavy atom. The Labute approximate surface area is 103 Å². The lowest BCUT2D eigenvalue weighted by Crippen LogP contribution is -2.47. The van der Waals surface area contributed by atoms with E-state index in [4.69, 9.17) is 16.3 Å². The van der Waals surface area contributed by atoms with Crippen molar-refractivity contribution in [3.8, 4) is 0 Å². The lowest BCUT2D eigenvalue weighted by Gasteiger charge is -2.24. The first-order chi connectivity index (χ1) is 7.35. The van der Waals surface area contributed by atoms with Crippen molar-refractivity contribution in [2.45, 2.75) is 32.4 Å². The highest BCUT2D eigenvalue weighted by molar-refractivity contribution is 7.87. The maximum absolute atomic E-state index is 11.8. The van der Waals surface area contributed by atoms with E-state index in [1.807, 2.05) is 13.8 Å². The van der Waals surface area contributed by atoms with Crippen LogP contribution in [0.25, 0.3) is 0 Å². The maximum atomic E-state index is 11.8. The largest absolute Gasteiger partial charge is 0.383 e. The number of hydrogen-bond donors (Lipinski definition) is 1. The second-order valence-electron chi connectivity index (χ2n) is 3.86. The summed E-state index contributed by atoms with van der Waals surface area (Å²) in [6.45, 7) is 3.94. The van der Waals surface area contributed by atoms with Gasteiger partial charge in [0, 0.05) is 32.1 Å². The number of rotatable bonds is 8. The van der Waals surface area contributed by atoms with Gasteiger partial charge in [0.15, 0.2) is 0 Å². The Hall–Kier alpha value is 0.120. The van der Waals surface area contributed by atoms with E-state index in [9.17, 15) is 8.42 Å². The third-order valence-electron chi connectivity index (χ3n) is 2.25. The topological polar surface area (TPSA) is 58.6 Å². The van der Waals surface area contributed by atoms with E-state index in [0.717, 1.165) is 0 Å². The van der Waals surface area contributed by atoms with Crippen LogP contribution in [-0.2, 0) is 14.9 Å². The molecule has 0 heterocycles. The van der Waals surface area contributed by atoms with Gasteiger partial charge < -0.3 is 4.74 Å². The molecule has 0 saturated carbocycles. The zero-order valence-corrected chi connectivity index (χ0v) is 11.8. The van der Waals surface area contributed by atoms with Crippen molar-refractivity contribution in [3.05, 3.63) is 0 Å². The predicted molar refractivity (Wildman–Crippen MR) is 66.0 cm³/mol. The van der Waals surface area contributed by atoms with Crippen molar-refractivity contribution in [1.29, 1.82) is 0 Å². The fraction of sp³-hybridized carbons (Fsp3) is 1.00. The molecule has 0 saturated heterocycles. The van der Waals surface area contributed by atoms with Crippen molar-refractivity contribution in [2.24, 2.45) is 0 Å². The standard InChI is InChI=1S/C9H21ClN2O3S/c1-8(2)12(3)16(13,14)11-9(5-6-10)7-15-4/h8-9,11H,5-7H2,1-4H3. The number of nitrogens with one attached hydrogen (secondary N) is 1. The van der Waals surface area contributed by atoms with Gasteiger partial charge in [-0.2, -0.15) is 17.4 Å². The summed E-state index contributed by atoms with van der Waals surface area (Å²) in [4.78, 5) is 0. The van der Waals surface area contributed by atoms with Gasteiger partial charge in [0.1, 0.15) is 0 Å². The molecule has 0 aromatic rings. The molecule has 5 nitrogen and oxygen atoms in total. The van der Waals surface area contributed by atoms with E-state index in [1.165, 1.54) is 18.5 Å². The van der Waals surface area contributed by atoms with Gasteiger partial charge in [-0.1, -0.05) is 0 Å². The Kier molecular flexibility index (Phi) is 7.50. The average molecular weight is 273 g/mol.